The van der Waals surface area contributed by atoms with Crippen molar-refractivity contribution >= 4 is 23.5 Å². The van der Waals surface area contributed by atoms with Crippen LogP contribution in [0.15, 0.2) is 36.4 Å². The molecule has 2 aromatic carbocycles. The van der Waals surface area contributed by atoms with Gasteiger partial charge in [0.2, 0.25) is 0 Å². The molecule has 3 heteroatoms. The minimum Gasteiger partial charge on any atom is -0.412 e. The van der Waals surface area contributed by atoms with Gasteiger partial charge < -0.3 is 5.48 Å². The smallest absolute Gasteiger partial charge is 0.00590 e. The van der Waals surface area contributed by atoms with E-state index in [-0.39, 0.29) is 5.48 Å². The largest absolute Gasteiger partial charge is 0.412 e. The van der Waals surface area contributed by atoms with Gasteiger partial charge in [0.15, 0.2) is 0 Å². The summed E-state index contributed by atoms with van der Waals surface area (Å²) in [6, 6.07) is 13.7. The fraction of sp³-hybridized carbons (Fsp3) is 0.538. The van der Waals surface area contributed by atoms with E-state index >= 15 is 0 Å². The van der Waals surface area contributed by atoms with E-state index in [1.54, 1.807) is 0 Å². The second-order valence-electron chi connectivity index (χ2n) is 7.93. The summed E-state index contributed by atoms with van der Waals surface area (Å²) in [6.45, 7) is 17.8. The summed E-state index contributed by atoms with van der Waals surface area (Å²) in [5.41, 5.74) is 8.50. The standard InChI is InChI=1S/2C13H20S.H2O/c2*1-5-14-12(4)9-13-7-10(2)6-11(3)8-13;/h2*6-8,12H,5,9H2,1-4H3;1H2. The zero-order valence-electron chi connectivity index (χ0n) is 19.8. The monoisotopic (exact) mass is 434 g/mol. The molecule has 164 valence electrons. The third-order valence-electron chi connectivity index (χ3n) is 4.51. The van der Waals surface area contributed by atoms with Gasteiger partial charge in [0.05, 0.1) is 0 Å². The van der Waals surface area contributed by atoms with Gasteiger partial charge in [0.25, 0.3) is 0 Å². The van der Waals surface area contributed by atoms with Crippen molar-refractivity contribution in [2.24, 2.45) is 0 Å². The molecule has 0 bridgehead atoms. The molecule has 2 N–H and O–H groups in total. The highest BCUT2D eigenvalue weighted by atomic mass is 32.2. The lowest BCUT2D eigenvalue weighted by molar-refractivity contribution is 0.824. The molecule has 0 aliphatic rings. The number of aryl methyl sites for hydroxylation is 4. The first-order valence-electron chi connectivity index (χ1n) is 10.6. The molecule has 0 aliphatic carbocycles. The van der Waals surface area contributed by atoms with E-state index in [0.29, 0.717) is 0 Å². The average molecular weight is 435 g/mol. The van der Waals surface area contributed by atoms with Gasteiger partial charge in [0.1, 0.15) is 0 Å². The van der Waals surface area contributed by atoms with Crippen LogP contribution >= 0.6 is 23.5 Å². The summed E-state index contributed by atoms with van der Waals surface area (Å²) in [7, 11) is 0. The number of thioether (sulfide) groups is 2. The van der Waals surface area contributed by atoms with Crippen LogP contribution in [0, 0.1) is 27.7 Å². The zero-order valence-corrected chi connectivity index (χ0v) is 21.4. The molecule has 2 unspecified atom stereocenters. The van der Waals surface area contributed by atoms with E-state index in [0.717, 1.165) is 10.5 Å². The predicted molar refractivity (Wildman–Crippen MR) is 138 cm³/mol. The first-order chi connectivity index (χ1) is 13.2. The quantitative estimate of drug-likeness (QED) is 0.442. The molecule has 0 saturated carbocycles. The minimum absolute atomic E-state index is 0. The van der Waals surface area contributed by atoms with E-state index in [1.165, 1.54) is 57.7 Å². The number of hydrogen-bond donors (Lipinski definition) is 0. The Balaban J connectivity index is 0.000000523. The lowest BCUT2D eigenvalue weighted by atomic mass is 10.0. The Hall–Kier alpha value is -0.900. The SMILES string of the molecule is CCSC(C)Cc1cc(C)cc(C)c1.CCSC(C)Cc1cc(C)cc(C)c1.O. The molecule has 2 atom stereocenters. The van der Waals surface area contributed by atoms with Crippen molar-refractivity contribution in [3.63, 3.8) is 0 Å². The van der Waals surface area contributed by atoms with Gasteiger partial charge in [-0.05, 0) is 63.2 Å². The molecule has 0 radical (unpaired) electrons. The molecular formula is C26H42OS2. The van der Waals surface area contributed by atoms with Crippen LogP contribution in [0.5, 0.6) is 0 Å². The Bertz CT molecular complexity index is 610. The second kappa shape index (κ2) is 15.0. The van der Waals surface area contributed by atoms with Gasteiger partial charge in [-0.3, -0.25) is 0 Å². The van der Waals surface area contributed by atoms with Crippen molar-refractivity contribution < 1.29 is 5.48 Å². The van der Waals surface area contributed by atoms with E-state index in [9.17, 15) is 0 Å². The van der Waals surface area contributed by atoms with Crippen molar-refractivity contribution in [3.8, 4) is 0 Å². The lowest BCUT2D eigenvalue weighted by Crippen LogP contribution is -2.02. The van der Waals surface area contributed by atoms with Crippen molar-refractivity contribution in [1.29, 1.82) is 0 Å². The number of hydrogen-bond acceptors (Lipinski definition) is 2. The third kappa shape index (κ3) is 12.4. The maximum absolute atomic E-state index is 2.31. The predicted octanol–water partition coefficient (Wildman–Crippen LogP) is 7.15. The minimum atomic E-state index is 0. The van der Waals surface area contributed by atoms with Crippen molar-refractivity contribution in [1.82, 2.24) is 0 Å². The first kappa shape index (κ1) is 28.1. The molecule has 0 heterocycles. The summed E-state index contributed by atoms with van der Waals surface area (Å²) in [6.07, 6.45) is 2.39. The topological polar surface area (TPSA) is 31.5 Å². The highest BCUT2D eigenvalue weighted by Gasteiger charge is 2.04. The molecule has 0 aromatic heterocycles. The molecular weight excluding hydrogens is 392 g/mol. The summed E-state index contributed by atoms with van der Waals surface area (Å²) in [5, 5.41) is 1.47. The van der Waals surface area contributed by atoms with Gasteiger partial charge in [0, 0.05) is 10.5 Å². The van der Waals surface area contributed by atoms with Crippen LogP contribution in [-0.4, -0.2) is 27.5 Å². The first-order valence-corrected chi connectivity index (χ1v) is 12.7. The highest BCUT2D eigenvalue weighted by Crippen LogP contribution is 2.18. The van der Waals surface area contributed by atoms with Crippen molar-refractivity contribution in [2.75, 3.05) is 11.5 Å². The van der Waals surface area contributed by atoms with Crippen LogP contribution < -0.4 is 0 Å². The van der Waals surface area contributed by atoms with E-state index < -0.39 is 0 Å². The average Bonchev–Trinajstić information content (AvgIpc) is 2.53. The zero-order chi connectivity index (χ0) is 21.1. The van der Waals surface area contributed by atoms with Gasteiger partial charge in [-0.15, -0.1) is 0 Å². The Morgan fingerprint density at radius 2 is 0.862 bits per heavy atom. The summed E-state index contributed by atoms with van der Waals surface area (Å²) in [4.78, 5) is 0. The van der Waals surface area contributed by atoms with E-state index in [4.69, 9.17) is 0 Å². The van der Waals surface area contributed by atoms with Crippen LogP contribution in [0.25, 0.3) is 0 Å². The fourth-order valence-corrected chi connectivity index (χ4v) is 5.48. The summed E-state index contributed by atoms with van der Waals surface area (Å²) in [5.74, 6) is 2.43. The van der Waals surface area contributed by atoms with E-state index in [2.05, 4.69) is 91.8 Å². The lowest BCUT2D eigenvalue weighted by Gasteiger charge is -2.11. The fourth-order valence-electron chi connectivity index (χ4n) is 3.72. The van der Waals surface area contributed by atoms with E-state index in [1.807, 2.05) is 23.5 Å². The Morgan fingerprint density at radius 3 is 1.10 bits per heavy atom. The van der Waals surface area contributed by atoms with Gasteiger partial charge >= 0.3 is 0 Å². The molecule has 29 heavy (non-hydrogen) atoms. The molecule has 2 rings (SSSR count). The molecule has 0 aliphatic heterocycles. The molecule has 2 aromatic rings. The Morgan fingerprint density at radius 1 is 0.586 bits per heavy atom. The summed E-state index contributed by atoms with van der Waals surface area (Å²) < 4.78 is 0. The van der Waals surface area contributed by atoms with Crippen molar-refractivity contribution in [2.45, 2.75) is 78.7 Å². The van der Waals surface area contributed by atoms with Gasteiger partial charge in [-0.2, -0.15) is 23.5 Å². The molecule has 0 saturated heterocycles. The maximum atomic E-state index is 2.31. The highest BCUT2D eigenvalue weighted by molar-refractivity contribution is 8.00. The van der Waals surface area contributed by atoms with Crippen LogP contribution in [-0.2, 0) is 12.8 Å². The third-order valence-corrected chi connectivity index (χ3v) is 6.65. The Kier molecular flexibility index (Phi) is 14.5. The molecule has 0 amide bonds. The van der Waals surface area contributed by atoms with Gasteiger partial charge in [-0.25, -0.2) is 0 Å². The molecule has 0 fully saturated rings. The number of rotatable bonds is 8. The molecule has 0 spiro atoms. The van der Waals surface area contributed by atoms with Crippen LogP contribution in [0.3, 0.4) is 0 Å². The normalized spacial score (nSPS) is 12.4. The van der Waals surface area contributed by atoms with Crippen molar-refractivity contribution in [3.05, 3.63) is 69.8 Å². The maximum Gasteiger partial charge on any atom is 0.00590 e. The number of benzene rings is 2. The van der Waals surface area contributed by atoms with Gasteiger partial charge in [-0.1, -0.05) is 86.3 Å². The molecule has 1 nitrogen and oxygen atoms in total. The summed E-state index contributed by atoms with van der Waals surface area (Å²) >= 11 is 4.08. The van der Waals surface area contributed by atoms with Crippen LogP contribution in [0.4, 0.5) is 0 Å². The van der Waals surface area contributed by atoms with Crippen LogP contribution in [0.2, 0.25) is 0 Å². The Labute approximate surface area is 188 Å². The van der Waals surface area contributed by atoms with Crippen LogP contribution in [0.1, 0.15) is 61.1 Å². The second-order valence-corrected chi connectivity index (χ2v) is 11.4.